The molecule has 0 radical (unpaired) electrons. The van der Waals surface area contributed by atoms with E-state index in [1.165, 1.54) is 0 Å². The number of hydrogen-bond donors (Lipinski definition) is 2. The summed E-state index contributed by atoms with van der Waals surface area (Å²) in [5, 5.41) is 3.20. The Balaban J connectivity index is 2.81. The van der Waals surface area contributed by atoms with Gasteiger partial charge in [0.05, 0.1) is 7.11 Å². The van der Waals surface area contributed by atoms with Crippen molar-refractivity contribution in [2.45, 2.75) is 19.6 Å². The monoisotopic (exact) mass is 224 g/mol. The van der Waals surface area contributed by atoms with Crippen molar-refractivity contribution in [2.24, 2.45) is 5.73 Å². The quantitative estimate of drug-likeness (QED) is 0.721. The molecule has 1 aromatic rings. The van der Waals surface area contributed by atoms with E-state index in [9.17, 15) is 0 Å². The third-order valence-electron chi connectivity index (χ3n) is 2.42. The molecule has 0 fully saturated rings. The van der Waals surface area contributed by atoms with E-state index in [4.69, 9.17) is 15.2 Å². The maximum Gasteiger partial charge on any atom is 0.124 e. The summed E-state index contributed by atoms with van der Waals surface area (Å²) in [6, 6.07) is 5.99. The molecule has 1 rings (SSSR count). The molecule has 16 heavy (non-hydrogen) atoms. The number of methoxy groups -OCH3 is 2. The summed E-state index contributed by atoms with van der Waals surface area (Å²) >= 11 is 0. The molecule has 1 aromatic carbocycles. The Morgan fingerprint density at radius 3 is 2.69 bits per heavy atom. The Bertz CT molecular complexity index is 329. The topological polar surface area (TPSA) is 56.5 Å². The van der Waals surface area contributed by atoms with Gasteiger partial charge < -0.3 is 20.5 Å². The average Bonchev–Trinajstić information content (AvgIpc) is 2.31. The lowest BCUT2D eigenvalue weighted by molar-refractivity contribution is 0.141. The number of anilines is 1. The van der Waals surface area contributed by atoms with Gasteiger partial charge in [-0.05, 0) is 31.5 Å². The number of nitrogens with one attached hydrogen (secondary N) is 1. The minimum atomic E-state index is -0.0231. The third kappa shape index (κ3) is 3.40. The third-order valence-corrected chi connectivity index (χ3v) is 2.42. The molecule has 4 nitrogen and oxygen atoms in total. The van der Waals surface area contributed by atoms with E-state index in [-0.39, 0.29) is 6.23 Å². The van der Waals surface area contributed by atoms with Gasteiger partial charge in [0.25, 0.3) is 0 Å². The van der Waals surface area contributed by atoms with Gasteiger partial charge in [-0.25, -0.2) is 0 Å². The van der Waals surface area contributed by atoms with E-state index < -0.39 is 0 Å². The van der Waals surface area contributed by atoms with Crippen LogP contribution in [0, 0.1) is 0 Å². The maximum absolute atomic E-state index is 5.53. The Morgan fingerprint density at radius 1 is 1.38 bits per heavy atom. The van der Waals surface area contributed by atoms with E-state index >= 15 is 0 Å². The summed E-state index contributed by atoms with van der Waals surface area (Å²) in [7, 11) is 3.33. The zero-order chi connectivity index (χ0) is 12.0. The van der Waals surface area contributed by atoms with E-state index in [1.807, 2.05) is 25.1 Å². The highest BCUT2D eigenvalue weighted by Crippen LogP contribution is 2.23. The zero-order valence-corrected chi connectivity index (χ0v) is 10.1. The van der Waals surface area contributed by atoms with Gasteiger partial charge in [0, 0.05) is 18.9 Å². The van der Waals surface area contributed by atoms with Crippen LogP contribution >= 0.6 is 0 Å². The standard InChI is InChI=1S/C12H20N2O2/c1-9(15-2)14-11-5-4-10(6-7-13)12(8-11)16-3/h4-5,8-9,14H,6-7,13H2,1-3H3. The fourth-order valence-corrected chi connectivity index (χ4v) is 1.49. The normalized spacial score (nSPS) is 12.2. The second-order valence-electron chi connectivity index (χ2n) is 3.59. The van der Waals surface area contributed by atoms with E-state index in [2.05, 4.69) is 5.32 Å². The predicted octanol–water partition coefficient (Wildman–Crippen LogP) is 1.60. The molecule has 0 saturated heterocycles. The van der Waals surface area contributed by atoms with Crippen molar-refractivity contribution in [3.63, 3.8) is 0 Å². The van der Waals surface area contributed by atoms with Crippen molar-refractivity contribution < 1.29 is 9.47 Å². The summed E-state index contributed by atoms with van der Waals surface area (Å²) in [6.45, 7) is 2.57. The minimum absolute atomic E-state index is 0.0231. The van der Waals surface area contributed by atoms with Gasteiger partial charge in [-0.2, -0.15) is 0 Å². The molecule has 1 unspecified atom stereocenters. The molecule has 0 heterocycles. The molecular formula is C12H20N2O2. The largest absolute Gasteiger partial charge is 0.496 e. The highest BCUT2D eigenvalue weighted by molar-refractivity contribution is 5.52. The first-order chi connectivity index (χ1) is 7.71. The van der Waals surface area contributed by atoms with Crippen molar-refractivity contribution >= 4 is 5.69 Å². The molecular weight excluding hydrogens is 204 g/mol. The molecule has 4 heteroatoms. The Labute approximate surface area is 96.7 Å². The summed E-state index contributed by atoms with van der Waals surface area (Å²) in [5.41, 5.74) is 7.64. The van der Waals surface area contributed by atoms with Crippen LogP contribution < -0.4 is 15.8 Å². The molecule has 0 saturated carbocycles. The summed E-state index contributed by atoms with van der Waals surface area (Å²) in [6.07, 6.45) is 0.800. The Morgan fingerprint density at radius 2 is 2.12 bits per heavy atom. The second-order valence-corrected chi connectivity index (χ2v) is 3.59. The summed E-state index contributed by atoms with van der Waals surface area (Å²) < 4.78 is 10.5. The molecule has 0 spiro atoms. The molecule has 0 aliphatic rings. The number of ether oxygens (including phenoxy) is 2. The van der Waals surface area contributed by atoms with Gasteiger partial charge >= 0.3 is 0 Å². The smallest absolute Gasteiger partial charge is 0.124 e. The fourth-order valence-electron chi connectivity index (χ4n) is 1.49. The van der Waals surface area contributed by atoms with Crippen molar-refractivity contribution in [1.29, 1.82) is 0 Å². The molecule has 0 bridgehead atoms. The molecule has 0 aliphatic carbocycles. The van der Waals surface area contributed by atoms with Gasteiger partial charge in [-0.3, -0.25) is 0 Å². The van der Waals surface area contributed by atoms with Crippen LogP contribution in [-0.4, -0.2) is 27.0 Å². The maximum atomic E-state index is 5.53. The van der Waals surface area contributed by atoms with Gasteiger partial charge in [0.1, 0.15) is 12.0 Å². The molecule has 1 atom stereocenters. The van der Waals surface area contributed by atoms with Crippen LogP contribution in [0.4, 0.5) is 5.69 Å². The van der Waals surface area contributed by atoms with Crippen LogP contribution in [0.25, 0.3) is 0 Å². The minimum Gasteiger partial charge on any atom is -0.496 e. The first kappa shape index (κ1) is 12.8. The molecule has 0 amide bonds. The van der Waals surface area contributed by atoms with Crippen molar-refractivity contribution in [3.05, 3.63) is 23.8 Å². The lowest BCUT2D eigenvalue weighted by Crippen LogP contribution is -2.17. The van der Waals surface area contributed by atoms with Crippen LogP contribution in [0.1, 0.15) is 12.5 Å². The van der Waals surface area contributed by atoms with Crippen LogP contribution in [0.2, 0.25) is 0 Å². The van der Waals surface area contributed by atoms with Crippen molar-refractivity contribution in [2.75, 3.05) is 26.1 Å². The van der Waals surface area contributed by atoms with Gasteiger partial charge in [-0.1, -0.05) is 6.07 Å². The lowest BCUT2D eigenvalue weighted by atomic mass is 10.1. The first-order valence-electron chi connectivity index (χ1n) is 5.37. The highest BCUT2D eigenvalue weighted by atomic mass is 16.5. The van der Waals surface area contributed by atoms with Crippen LogP contribution in [0.15, 0.2) is 18.2 Å². The number of hydrogen-bond acceptors (Lipinski definition) is 4. The summed E-state index contributed by atoms with van der Waals surface area (Å²) in [4.78, 5) is 0. The fraction of sp³-hybridized carbons (Fsp3) is 0.500. The predicted molar refractivity (Wildman–Crippen MR) is 65.8 cm³/mol. The number of rotatable bonds is 6. The average molecular weight is 224 g/mol. The van der Waals surface area contributed by atoms with Crippen molar-refractivity contribution in [3.8, 4) is 5.75 Å². The van der Waals surface area contributed by atoms with E-state index in [0.29, 0.717) is 6.54 Å². The highest BCUT2D eigenvalue weighted by Gasteiger charge is 2.05. The van der Waals surface area contributed by atoms with E-state index in [1.54, 1.807) is 14.2 Å². The molecule has 3 N–H and O–H groups in total. The zero-order valence-electron chi connectivity index (χ0n) is 10.1. The van der Waals surface area contributed by atoms with Gasteiger partial charge in [-0.15, -0.1) is 0 Å². The number of benzene rings is 1. The summed E-state index contributed by atoms with van der Waals surface area (Å²) in [5.74, 6) is 0.860. The second kappa shape index (κ2) is 6.35. The van der Waals surface area contributed by atoms with Crippen molar-refractivity contribution in [1.82, 2.24) is 0 Å². The van der Waals surface area contributed by atoms with Gasteiger partial charge in [0.2, 0.25) is 0 Å². The Hall–Kier alpha value is -1.26. The molecule has 0 aliphatic heterocycles. The lowest BCUT2D eigenvalue weighted by Gasteiger charge is -2.15. The molecule has 90 valence electrons. The molecule has 0 aromatic heterocycles. The van der Waals surface area contributed by atoms with E-state index in [0.717, 1.165) is 23.4 Å². The number of nitrogens with two attached hydrogens (primary N) is 1. The van der Waals surface area contributed by atoms with Crippen LogP contribution in [-0.2, 0) is 11.2 Å². The van der Waals surface area contributed by atoms with Gasteiger partial charge in [0.15, 0.2) is 0 Å². The van der Waals surface area contributed by atoms with Crippen LogP contribution in [0.3, 0.4) is 0 Å². The van der Waals surface area contributed by atoms with Crippen LogP contribution in [0.5, 0.6) is 5.75 Å². The Kier molecular flexibility index (Phi) is 5.08. The SMILES string of the molecule is COc1cc(NC(C)OC)ccc1CCN. The first-order valence-corrected chi connectivity index (χ1v) is 5.37.